The highest BCUT2D eigenvalue weighted by atomic mass is 79.9. The van der Waals surface area contributed by atoms with Crippen molar-refractivity contribution in [3.05, 3.63) is 42.0 Å². The number of carbonyl (C=O) groups excluding carboxylic acids is 1. The molecule has 0 saturated carbocycles. The van der Waals surface area contributed by atoms with Crippen LogP contribution in [0.2, 0.25) is 0 Å². The fourth-order valence-electron chi connectivity index (χ4n) is 2.75. The molecule has 1 rings (SSSR count). The van der Waals surface area contributed by atoms with Gasteiger partial charge in [0.15, 0.2) is 0 Å². The summed E-state index contributed by atoms with van der Waals surface area (Å²) in [6, 6.07) is 6.63. The Hall–Kier alpha value is -1.18. The van der Waals surface area contributed by atoms with Crippen molar-refractivity contribution in [2.24, 2.45) is 5.41 Å². The summed E-state index contributed by atoms with van der Waals surface area (Å²) in [4.78, 5) is 12.1. The van der Waals surface area contributed by atoms with Gasteiger partial charge in [0.05, 0.1) is 4.90 Å². The molecule has 5 nitrogen and oxygen atoms in total. The molecular formula is C22H34BrNO4S. The molecule has 0 aliphatic rings. The van der Waals surface area contributed by atoms with Gasteiger partial charge < -0.3 is 4.74 Å². The smallest absolute Gasteiger partial charge is 0.330 e. The standard InChI is InChI=1S/C22H34BrNO4S/c1-17-11-13-18(14-12-17)29(26,27)24(19(16-23)21(2,3)4)15-9-8-10-20(25)28-22(5,6)7/h8,10-14,19H,9,15-16H2,1-7H3/b10-8+/t19-/m1/s1. The van der Waals surface area contributed by atoms with Crippen LogP contribution in [0, 0.1) is 12.3 Å². The Labute approximate surface area is 184 Å². The van der Waals surface area contributed by atoms with Crippen LogP contribution in [-0.4, -0.2) is 42.2 Å². The van der Waals surface area contributed by atoms with E-state index in [1.54, 1.807) is 51.1 Å². The first kappa shape index (κ1) is 25.9. The van der Waals surface area contributed by atoms with Crippen LogP contribution >= 0.6 is 15.9 Å². The quantitative estimate of drug-likeness (QED) is 0.291. The number of hydrogen-bond donors (Lipinski definition) is 0. The molecule has 7 heteroatoms. The number of carbonyl (C=O) groups is 1. The Kier molecular flexibility index (Phi) is 9.12. The van der Waals surface area contributed by atoms with E-state index in [1.807, 2.05) is 27.7 Å². The third kappa shape index (κ3) is 8.22. The van der Waals surface area contributed by atoms with Gasteiger partial charge in [0, 0.05) is 24.0 Å². The molecule has 0 radical (unpaired) electrons. The van der Waals surface area contributed by atoms with E-state index < -0.39 is 21.6 Å². The monoisotopic (exact) mass is 487 g/mol. The van der Waals surface area contributed by atoms with Crippen LogP contribution in [0.1, 0.15) is 53.5 Å². The lowest BCUT2D eigenvalue weighted by atomic mass is 9.88. The maximum absolute atomic E-state index is 13.4. The summed E-state index contributed by atoms with van der Waals surface area (Å²) in [6.45, 7) is 13.7. The van der Waals surface area contributed by atoms with E-state index in [-0.39, 0.29) is 22.9 Å². The maximum atomic E-state index is 13.4. The first-order chi connectivity index (χ1) is 13.2. The molecule has 0 heterocycles. The first-order valence-corrected chi connectivity index (χ1v) is 12.3. The fourth-order valence-corrected chi connectivity index (χ4v) is 6.08. The normalized spacial score (nSPS) is 14.4. The van der Waals surface area contributed by atoms with Crippen molar-refractivity contribution >= 4 is 31.9 Å². The molecule has 0 aliphatic carbocycles. The predicted molar refractivity (Wildman–Crippen MR) is 122 cm³/mol. The van der Waals surface area contributed by atoms with Crippen molar-refractivity contribution < 1.29 is 17.9 Å². The van der Waals surface area contributed by atoms with Crippen molar-refractivity contribution in [1.82, 2.24) is 4.31 Å². The molecule has 1 aromatic carbocycles. The summed E-state index contributed by atoms with van der Waals surface area (Å²) in [6.07, 6.45) is 3.44. The lowest BCUT2D eigenvalue weighted by molar-refractivity contribution is -0.148. The van der Waals surface area contributed by atoms with Crippen LogP contribution in [0.4, 0.5) is 0 Å². The minimum Gasteiger partial charge on any atom is -0.457 e. The third-order valence-corrected chi connectivity index (χ3v) is 6.83. The number of ether oxygens (including phenoxy) is 1. The minimum absolute atomic E-state index is 0.247. The number of nitrogens with zero attached hydrogens (tertiary/aromatic N) is 1. The van der Waals surface area contributed by atoms with E-state index >= 15 is 0 Å². The summed E-state index contributed by atoms with van der Waals surface area (Å²) in [5.41, 5.74) is 0.176. The number of hydrogen-bond acceptors (Lipinski definition) is 4. The van der Waals surface area contributed by atoms with E-state index in [9.17, 15) is 13.2 Å². The van der Waals surface area contributed by atoms with Crippen molar-refractivity contribution in [2.45, 2.75) is 71.4 Å². The highest BCUT2D eigenvalue weighted by Gasteiger charge is 2.37. The molecule has 0 spiro atoms. The number of esters is 1. The predicted octanol–water partition coefficient (Wildman–Crippen LogP) is 5.08. The van der Waals surface area contributed by atoms with E-state index in [2.05, 4.69) is 15.9 Å². The largest absolute Gasteiger partial charge is 0.457 e. The van der Waals surface area contributed by atoms with Gasteiger partial charge in [0.1, 0.15) is 5.60 Å². The van der Waals surface area contributed by atoms with Crippen LogP contribution in [0.5, 0.6) is 0 Å². The van der Waals surface area contributed by atoms with Gasteiger partial charge in [0.2, 0.25) is 10.0 Å². The Balaban J connectivity index is 3.10. The van der Waals surface area contributed by atoms with Gasteiger partial charge in [-0.05, 0) is 51.7 Å². The highest BCUT2D eigenvalue weighted by molar-refractivity contribution is 9.09. The topological polar surface area (TPSA) is 63.7 Å². The van der Waals surface area contributed by atoms with Crippen LogP contribution in [0.15, 0.2) is 41.3 Å². The van der Waals surface area contributed by atoms with Crippen LogP contribution < -0.4 is 0 Å². The average Bonchev–Trinajstić information content (AvgIpc) is 2.55. The molecular weight excluding hydrogens is 454 g/mol. The zero-order chi connectivity index (χ0) is 22.5. The highest BCUT2D eigenvalue weighted by Crippen LogP contribution is 2.31. The molecule has 0 saturated heterocycles. The van der Waals surface area contributed by atoms with Crippen molar-refractivity contribution in [3.63, 3.8) is 0 Å². The lowest BCUT2D eigenvalue weighted by Gasteiger charge is -2.38. The van der Waals surface area contributed by atoms with E-state index in [4.69, 9.17) is 4.74 Å². The number of aryl methyl sites for hydroxylation is 1. The van der Waals surface area contributed by atoms with Crippen LogP contribution in [0.3, 0.4) is 0 Å². The Morgan fingerprint density at radius 3 is 2.14 bits per heavy atom. The summed E-state index contributed by atoms with van der Waals surface area (Å²) in [5.74, 6) is -0.432. The lowest BCUT2D eigenvalue weighted by Crippen LogP contribution is -2.48. The van der Waals surface area contributed by atoms with E-state index in [0.717, 1.165) is 5.56 Å². The second-order valence-electron chi connectivity index (χ2n) is 9.19. The SMILES string of the molecule is Cc1ccc(S(=O)(=O)N(CC/C=C/C(=O)OC(C)(C)C)[C@H](CBr)C(C)(C)C)cc1. The molecule has 1 aromatic rings. The van der Waals surface area contributed by atoms with Gasteiger partial charge in [-0.15, -0.1) is 0 Å². The Morgan fingerprint density at radius 1 is 1.14 bits per heavy atom. The molecule has 1 atom stereocenters. The average molecular weight is 488 g/mol. The summed E-state index contributed by atoms with van der Waals surface area (Å²) in [7, 11) is -3.69. The first-order valence-electron chi connectivity index (χ1n) is 9.72. The molecule has 29 heavy (non-hydrogen) atoms. The number of benzene rings is 1. The summed E-state index contributed by atoms with van der Waals surface area (Å²) in [5, 5.41) is 0.511. The third-order valence-electron chi connectivity index (χ3n) is 4.30. The van der Waals surface area contributed by atoms with E-state index in [0.29, 0.717) is 11.8 Å². The molecule has 0 aromatic heterocycles. The number of alkyl halides is 1. The molecule has 0 aliphatic heterocycles. The zero-order valence-electron chi connectivity index (χ0n) is 18.5. The van der Waals surface area contributed by atoms with Crippen LogP contribution in [-0.2, 0) is 19.6 Å². The van der Waals surface area contributed by atoms with Gasteiger partial charge in [0.25, 0.3) is 0 Å². The molecule has 0 bridgehead atoms. The molecule has 0 unspecified atom stereocenters. The molecule has 0 N–H and O–H groups in total. The second kappa shape index (κ2) is 10.2. The van der Waals surface area contributed by atoms with Gasteiger partial charge in [-0.3, -0.25) is 0 Å². The summed E-state index contributed by atoms with van der Waals surface area (Å²) >= 11 is 3.50. The number of rotatable bonds is 8. The molecule has 0 amide bonds. The Morgan fingerprint density at radius 2 is 1.69 bits per heavy atom. The van der Waals surface area contributed by atoms with Crippen molar-refractivity contribution in [1.29, 1.82) is 0 Å². The van der Waals surface area contributed by atoms with Crippen LogP contribution in [0.25, 0.3) is 0 Å². The van der Waals surface area contributed by atoms with Gasteiger partial charge in [-0.2, -0.15) is 4.31 Å². The molecule has 0 fully saturated rings. The second-order valence-corrected chi connectivity index (χ2v) is 11.7. The van der Waals surface area contributed by atoms with E-state index in [1.165, 1.54) is 10.4 Å². The Bertz CT molecular complexity index is 803. The number of sulfonamides is 1. The van der Waals surface area contributed by atoms with Crippen molar-refractivity contribution in [2.75, 3.05) is 11.9 Å². The summed E-state index contributed by atoms with van der Waals surface area (Å²) < 4.78 is 33.6. The van der Waals surface area contributed by atoms with Gasteiger partial charge >= 0.3 is 5.97 Å². The maximum Gasteiger partial charge on any atom is 0.330 e. The fraction of sp³-hybridized carbons (Fsp3) is 0.591. The van der Waals surface area contributed by atoms with Gasteiger partial charge in [-0.25, -0.2) is 13.2 Å². The molecule has 164 valence electrons. The number of halogens is 1. The zero-order valence-corrected chi connectivity index (χ0v) is 20.9. The minimum atomic E-state index is -3.69. The van der Waals surface area contributed by atoms with Gasteiger partial charge in [-0.1, -0.05) is 60.5 Å². The van der Waals surface area contributed by atoms with Crippen molar-refractivity contribution in [3.8, 4) is 0 Å².